The molecule has 2 aromatic rings. The highest BCUT2D eigenvalue weighted by Crippen LogP contribution is 2.40. The highest BCUT2D eigenvalue weighted by atomic mass is 29.7. The average Bonchev–Trinajstić information content (AvgIpc) is 2.85. The molecule has 2 aromatic carbocycles. The molecule has 0 amide bonds. The highest BCUT2D eigenvalue weighted by molar-refractivity contribution is 7.76. The molecule has 0 N–H and O–H groups in total. The van der Waals surface area contributed by atoms with E-state index in [2.05, 4.69) is 113 Å². The van der Waals surface area contributed by atoms with E-state index in [-0.39, 0.29) is 0 Å². The lowest BCUT2D eigenvalue weighted by molar-refractivity contribution is 0.530. The second-order valence-electron chi connectivity index (χ2n) is 11.1. The van der Waals surface area contributed by atoms with Crippen LogP contribution in [-0.2, 0) is 20.6 Å². The van der Waals surface area contributed by atoms with Crippen LogP contribution < -0.4 is 10.4 Å². The van der Waals surface area contributed by atoms with Crippen LogP contribution >= 0.6 is 0 Å². The molecule has 2 rings (SSSR count). The van der Waals surface area contributed by atoms with Crippen LogP contribution in [0.1, 0.15) is 0 Å². The van der Waals surface area contributed by atoms with Crippen molar-refractivity contribution in [1.29, 1.82) is 0 Å². The average molecular weight is 647 g/mol. The van der Waals surface area contributed by atoms with Crippen LogP contribution in [-0.4, -0.2) is 88.0 Å². The Morgan fingerprint density at radius 2 is 0.657 bits per heavy atom. The number of rotatable bonds is 12. The topological polar surface area (TPSA) is 46.2 Å². The minimum Gasteiger partial charge on any atom is -0.464 e. The molecule has 0 radical (unpaired) electrons. The summed E-state index contributed by atoms with van der Waals surface area (Å²) in [6.07, 6.45) is 0. The summed E-state index contributed by atoms with van der Waals surface area (Å²) in [5.41, 5.74) is 0. The van der Waals surface area contributed by atoms with E-state index >= 15 is 0 Å². The Hall–Kier alpha value is 0.409. The molecule has 0 bridgehead atoms. The first-order chi connectivity index (χ1) is 16.2. The normalized spacial score (nSPS) is 17.4. The molecular formula is C20H46O5Si10. The van der Waals surface area contributed by atoms with Crippen molar-refractivity contribution < 1.29 is 20.6 Å². The van der Waals surface area contributed by atoms with E-state index in [4.69, 9.17) is 20.6 Å². The van der Waals surface area contributed by atoms with Crippen molar-refractivity contribution in [3.8, 4) is 0 Å². The highest BCUT2D eigenvalue weighted by Gasteiger charge is 2.73. The van der Waals surface area contributed by atoms with Crippen molar-refractivity contribution in [2.45, 2.75) is 52.4 Å². The maximum absolute atomic E-state index is 8.33. The zero-order valence-electron chi connectivity index (χ0n) is 23.8. The third-order valence-corrected chi connectivity index (χ3v) is 92.5. The fourth-order valence-electron chi connectivity index (χ4n) is 5.60. The van der Waals surface area contributed by atoms with Gasteiger partial charge < -0.3 is 20.6 Å². The van der Waals surface area contributed by atoms with Gasteiger partial charge in [0.1, 0.15) is 41.9 Å². The third-order valence-electron chi connectivity index (χ3n) is 8.10. The van der Waals surface area contributed by atoms with Crippen LogP contribution in [0.5, 0.6) is 0 Å². The monoisotopic (exact) mass is 646 g/mol. The van der Waals surface area contributed by atoms with Gasteiger partial charge in [-0.05, 0) is 62.7 Å². The van der Waals surface area contributed by atoms with Gasteiger partial charge in [0.25, 0.3) is 0 Å². The van der Waals surface area contributed by atoms with Crippen LogP contribution in [0.2, 0.25) is 52.4 Å². The van der Waals surface area contributed by atoms with Crippen molar-refractivity contribution in [3.63, 3.8) is 0 Å². The van der Waals surface area contributed by atoms with E-state index in [0.717, 1.165) is 0 Å². The maximum Gasteiger partial charge on any atom is 0.245 e. The Kier molecular flexibility index (Phi) is 10.5. The van der Waals surface area contributed by atoms with E-state index in [1.54, 1.807) is 0 Å². The van der Waals surface area contributed by atoms with Crippen LogP contribution in [0, 0.1) is 0 Å². The molecule has 15 heteroatoms. The first-order valence-corrected chi connectivity index (χ1v) is 34.9. The summed E-state index contributed by atoms with van der Waals surface area (Å²) in [5, 5.41) is 2.67. The van der Waals surface area contributed by atoms with Crippen molar-refractivity contribution in [1.82, 2.24) is 0 Å². The van der Waals surface area contributed by atoms with E-state index in [0.29, 0.717) is 41.9 Å². The molecule has 0 heterocycles. The minimum absolute atomic E-state index is 0.691. The summed E-state index contributed by atoms with van der Waals surface area (Å²) in [6, 6.07) is 22.1. The smallest absolute Gasteiger partial charge is 0.245 e. The quantitative estimate of drug-likeness (QED) is 0.278. The second-order valence-corrected chi connectivity index (χ2v) is 60.3. The van der Waals surface area contributed by atoms with Crippen LogP contribution in [0.3, 0.4) is 0 Å². The lowest BCUT2D eigenvalue weighted by Gasteiger charge is -2.59. The lowest BCUT2D eigenvalue weighted by Crippen LogP contribution is -2.93. The first-order valence-electron chi connectivity index (χ1n) is 12.2. The Labute approximate surface area is 230 Å². The SMILES string of the molecule is C[Si](C)(O[SiH3])[Si](O[Si](c1ccccc1)([Si](C)(C)O[SiH3])[Si](C)(C)O[SiH3])(c1ccccc1)[Si](C)(C)O[SiH3]. The van der Waals surface area contributed by atoms with Crippen molar-refractivity contribution in [2.24, 2.45) is 0 Å². The summed E-state index contributed by atoms with van der Waals surface area (Å²) < 4.78 is 35.1. The molecular weight excluding hydrogens is 601 g/mol. The van der Waals surface area contributed by atoms with Gasteiger partial charge in [0, 0.05) is 0 Å². The molecule has 0 saturated carbocycles. The molecule has 0 aliphatic heterocycles. The summed E-state index contributed by atoms with van der Waals surface area (Å²) in [4.78, 5) is 0. The van der Waals surface area contributed by atoms with E-state index in [1.807, 2.05) is 0 Å². The Morgan fingerprint density at radius 3 is 0.857 bits per heavy atom. The van der Waals surface area contributed by atoms with Crippen LogP contribution in [0.4, 0.5) is 0 Å². The fourth-order valence-corrected chi connectivity index (χ4v) is 108. The maximum atomic E-state index is 8.33. The Bertz CT molecular complexity index is 850. The molecule has 0 saturated heterocycles. The van der Waals surface area contributed by atoms with E-state index in [1.165, 1.54) is 10.4 Å². The van der Waals surface area contributed by atoms with Gasteiger partial charge in [-0.3, -0.25) is 0 Å². The molecule has 0 aromatic heterocycles. The molecule has 35 heavy (non-hydrogen) atoms. The Morgan fingerprint density at radius 1 is 0.429 bits per heavy atom. The molecule has 0 fully saturated rings. The van der Waals surface area contributed by atoms with Gasteiger partial charge >= 0.3 is 0 Å². The van der Waals surface area contributed by atoms with Gasteiger partial charge in [0.05, 0.1) is 0 Å². The zero-order chi connectivity index (χ0) is 26.8. The minimum atomic E-state index is -2.79. The molecule has 0 aliphatic carbocycles. The van der Waals surface area contributed by atoms with Gasteiger partial charge in [-0.25, -0.2) is 0 Å². The number of benzene rings is 2. The standard InChI is InChI=1S/C20H46O5Si10/c1-30(2,21-26)34(31(3,4)22-27,19-15-11-9-12-16-19)25-35(32(5,6)23-28,33(7,8)24-29)20-17-13-10-14-18-20/h9-18H,1-8,26-29H3. The summed E-state index contributed by atoms with van der Waals surface area (Å²) in [6.45, 7) is 19.2. The largest absolute Gasteiger partial charge is 0.464 e. The summed E-state index contributed by atoms with van der Waals surface area (Å²) in [7, 11) is -12.2. The number of hydrogen-bond acceptors (Lipinski definition) is 5. The Balaban J connectivity index is 3.18. The van der Waals surface area contributed by atoms with Crippen LogP contribution in [0.15, 0.2) is 60.7 Å². The van der Waals surface area contributed by atoms with Gasteiger partial charge in [0.15, 0.2) is 31.3 Å². The molecule has 0 unspecified atom stereocenters. The van der Waals surface area contributed by atoms with Crippen molar-refractivity contribution in [2.75, 3.05) is 0 Å². The third kappa shape index (κ3) is 5.32. The molecule has 0 atom stereocenters. The van der Waals surface area contributed by atoms with Gasteiger partial charge in [-0.15, -0.1) is 0 Å². The number of hydrogen-bond donors (Lipinski definition) is 0. The first kappa shape index (κ1) is 31.6. The lowest BCUT2D eigenvalue weighted by atomic mass is 10.4. The summed E-state index contributed by atoms with van der Waals surface area (Å²) in [5.74, 6) is 0. The van der Waals surface area contributed by atoms with Crippen molar-refractivity contribution >= 4 is 98.4 Å². The van der Waals surface area contributed by atoms with Crippen molar-refractivity contribution in [3.05, 3.63) is 60.7 Å². The predicted molar refractivity (Wildman–Crippen MR) is 179 cm³/mol. The van der Waals surface area contributed by atoms with Crippen LogP contribution in [0.25, 0.3) is 0 Å². The second kappa shape index (κ2) is 11.7. The van der Waals surface area contributed by atoms with Gasteiger partial charge in [-0.2, -0.15) is 0 Å². The molecule has 196 valence electrons. The summed E-state index contributed by atoms with van der Waals surface area (Å²) >= 11 is 0. The van der Waals surface area contributed by atoms with Gasteiger partial charge in [0.2, 0.25) is 14.7 Å². The van der Waals surface area contributed by atoms with E-state index < -0.39 is 46.0 Å². The molecule has 0 spiro atoms. The molecule has 5 nitrogen and oxygen atoms in total. The fraction of sp³-hybridized carbons (Fsp3) is 0.400. The zero-order valence-corrected chi connectivity index (χ0v) is 37.8. The van der Waals surface area contributed by atoms with E-state index in [9.17, 15) is 0 Å². The predicted octanol–water partition coefficient (Wildman–Crippen LogP) is -0.970. The van der Waals surface area contributed by atoms with Gasteiger partial charge in [-0.1, -0.05) is 60.7 Å². The molecule has 0 aliphatic rings.